The molecule has 1 aromatic carbocycles. The number of aromatic nitrogens is 1. The van der Waals surface area contributed by atoms with Gasteiger partial charge in [-0.05, 0) is 38.5 Å². The molecule has 2 heteroatoms. The second-order valence-corrected chi connectivity index (χ2v) is 4.34. The van der Waals surface area contributed by atoms with Crippen molar-refractivity contribution in [2.24, 2.45) is 4.99 Å². The Morgan fingerprint density at radius 3 is 2.47 bits per heavy atom. The van der Waals surface area contributed by atoms with Gasteiger partial charge in [-0.15, -0.1) is 0 Å². The zero-order valence-electron chi connectivity index (χ0n) is 11.6. The predicted molar refractivity (Wildman–Crippen MR) is 82.2 cm³/mol. The summed E-state index contributed by atoms with van der Waals surface area (Å²) in [4.78, 5) is 9.07. The number of pyridine rings is 1. The van der Waals surface area contributed by atoms with Crippen molar-refractivity contribution in [3.8, 4) is 11.3 Å². The number of allylic oxidation sites excluding steroid dienone is 1. The summed E-state index contributed by atoms with van der Waals surface area (Å²) in [5.41, 5.74) is 5.13. The molecular formula is C17H18N2. The number of benzene rings is 1. The molecule has 0 spiro atoms. The van der Waals surface area contributed by atoms with Crippen LogP contribution in [0.4, 0.5) is 0 Å². The van der Waals surface area contributed by atoms with Gasteiger partial charge in [0, 0.05) is 11.8 Å². The van der Waals surface area contributed by atoms with Crippen LogP contribution in [0, 0.1) is 6.92 Å². The Morgan fingerprint density at radius 1 is 1.11 bits per heavy atom. The van der Waals surface area contributed by atoms with Gasteiger partial charge in [0.1, 0.15) is 0 Å². The van der Waals surface area contributed by atoms with Crippen molar-refractivity contribution in [1.82, 2.24) is 4.98 Å². The standard InChI is InChI=1S/C17H18N2/c1-4-15(18-5-2)17-12-13(3)11-16(19-17)14-9-7-6-8-10-14/h4-12H,1-3H3/b15-4-,18-5?. The highest BCUT2D eigenvalue weighted by atomic mass is 14.8. The van der Waals surface area contributed by atoms with Gasteiger partial charge in [0.25, 0.3) is 0 Å². The van der Waals surface area contributed by atoms with Gasteiger partial charge in [0.15, 0.2) is 0 Å². The number of nitrogens with zero attached hydrogens (tertiary/aromatic N) is 2. The molecule has 0 radical (unpaired) electrons. The fourth-order valence-electron chi connectivity index (χ4n) is 1.98. The van der Waals surface area contributed by atoms with E-state index in [1.165, 1.54) is 5.56 Å². The first-order chi connectivity index (χ1) is 9.24. The summed E-state index contributed by atoms with van der Waals surface area (Å²) in [6.07, 6.45) is 3.78. The van der Waals surface area contributed by atoms with Crippen molar-refractivity contribution in [1.29, 1.82) is 0 Å². The molecule has 0 saturated carbocycles. The predicted octanol–water partition coefficient (Wildman–Crippen LogP) is 4.51. The molecule has 96 valence electrons. The van der Waals surface area contributed by atoms with E-state index in [0.29, 0.717) is 0 Å². The lowest BCUT2D eigenvalue weighted by Crippen LogP contribution is -1.93. The minimum absolute atomic E-state index is 0.906. The Labute approximate surface area is 114 Å². The van der Waals surface area contributed by atoms with Crippen LogP contribution in [0.3, 0.4) is 0 Å². The van der Waals surface area contributed by atoms with Crippen LogP contribution >= 0.6 is 0 Å². The molecule has 19 heavy (non-hydrogen) atoms. The topological polar surface area (TPSA) is 25.2 Å². The molecule has 0 bridgehead atoms. The normalized spacial score (nSPS) is 12.1. The van der Waals surface area contributed by atoms with Gasteiger partial charge in [-0.25, -0.2) is 4.98 Å². The molecule has 0 atom stereocenters. The average molecular weight is 250 g/mol. The molecule has 0 unspecified atom stereocenters. The van der Waals surface area contributed by atoms with Gasteiger partial charge in [-0.1, -0.05) is 36.4 Å². The summed E-state index contributed by atoms with van der Waals surface area (Å²) in [6, 6.07) is 14.4. The largest absolute Gasteiger partial charge is 0.260 e. The van der Waals surface area contributed by atoms with Gasteiger partial charge in [-0.2, -0.15) is 0 Å². The molecule has 1 aromatic heterocycles. The Kier molecular flexibility index (Phi) is 4.24. The van der Waals surface area contributed by atoms with E-state index in [2.05, 4.69) is 36.2 Å². The molecule has 2 rings (SSSR count). The molecule has 2 aromatic rings. The number of hydrogen-bond acceptors (Lipinski definition) is 2. The summed E-state index contributed by atoms with van der Waals surface area (Å²) in [6.45, 7) is 5.98. The first kappa shape index (κ1) is 13.2. The second kappa shape index (κ2) is 6.10. The Bertz CT molecular complexity index is 610. The van der Waals surface area contributed by atoms with Crippen LogP contribution in [-0.4, -0.2) is 11.2 Å². The maximum Gasteiger partial charge on any atom is 0.0892 e. The lowest BCUT2D eigenvalue weighted by atomic mass is 10.1. The Morgan fingerprint density at radius 2 is 1.84 bits per heavy atom. The maximum atomic E-state index is 4.71. The van der Waals surface area contributed by atoms with Crippen molar-refractivity contribution in [3.05, 3.63) is 59.8 Å². The molecule has 1 heterocycles. The van der Waals surface area contributed by atoms with Crippen molar-refractivity contribution in [2.75, 3.05) is 0 Å². The third kappa shape index (κ3) is 3.16. The minimum Gasteiger partial charge on any atom is -0.260 e. The van der Waals surface area contributed by atoms with E-state index in [1.807, 2.05) is 38.1 Å². The van der Waals surface area contributed by atoms with Crippen molar-refractivity contribution in [3.63, 3.8) is 0 Å². The smallest absolute Gasteiger partial charge is 0.0892 e. The molecule has 0 fully saturated rings. The molecule has 0 saturated heterocycles. The van der Waals surface area contributed by atoms with Crippen LogP contribution < -0.4 is 0 Å². The number of hydrogen-bond donors (Lipinski definition) is 0. The van der Waals surface area contributed by atoms with Crippen LogP contribution in [-0.2, 0) is 0 Å². The average Bonchev–Trinajstić information content (AvgIpc) is 2.45. The van der Waals surface area contributed by atoms with Crippen molar-refractivity contribution >= 4 is 11.9 Å². The molecule has 0 aliphatic carbocycles. The van der Waals surface area contributed by atoms with E-state index in [9.17, 15) is 0 Å². The highest BCUT2D eigenvalue weighted by molar-refractivity contribution is 5.73. The Balaban J connectivity index is 2.52. The fraction of sp³-hybridized carbons (Fsp3) is 0.176. The monoisotopic (exact) mass is 250 g/mol. The summed E-state index contributed by atoms with van der Waals surface area (Å²) in [5, 5.41) is 0. The van der Waals surface area contributed by atoms with E-state index < -0.39 is 0 Å². The molecule has 0 amide bonds. The van der Waals surface area contributed by atoms with Crippen LogP contribution in [0.15, 0.2) is 53.5 Å². The SMILES string of the molecule is CC=N/C(=C\C)c1cc(C)cc(-c2ccccc2)n1. The van der Waals surface area contributed by atoms with Gasteiger partial charge in [-0.3, -0.25) is 4.99 Å². The highest BCUT2D eigenvalue weighted by Gasteiger charge is 2.05. The summed E-state index contributed by atoms with van der Waals surface area (Å²) in [5.74, 6) is 0. The number of rotatable bonds is 3. The highest BCUT2D eigenvalue weighted by Crippen LogP contribution is 2.22. The van der Waals surface area contributed by atoms with Crippen molar-refractivity contribution < 1.29 is 0 Å². The van der Waals surface area contributed by atoms with Crippen LogP contribution in [0.2, 0.25) is 0 Å². The van der Waals surface area contributed by atoms with Gasteiger partial charge < -0.3 is 0 Å². The Hall–Kier alpha value is -2.22. The zero-order valence-corrected chi connectivity index (χ0v) is 11.6. The summed E-state index contributed by atoms with van der Waals surface area (Å²) < 4.78 is 0. The number of aryl methyl sites for hydroxylation is 1. The van der Waals surface area contributed by atoms with E-state index in [4.69, 9.17) is 4.98 Å². The molecule has 0 N–H and O–H groups in total. The fourth-order valence-corrected chi connectivity index (χ4v) is 1.98. The molecular weight excluding hydrogens is 232 g/mol. The maximum absolute atomic E-state index is 4.71. The molecule has 0 aliphatic rings. The van der Waals surface area contributed by atoms with Crippen LogP contribution in [0.1, 0.15) is 25.1 Å². The van der Waals surface area contributed by atoms with Crippen LogP contribution in [0.5, 0.6) is 0 Å². The lowest BCUT2D eigenvalue weighted by Gasteiger charge is -2.07. The summed E-state index contributed by atoms with van der Waals surface area (Å²) in [7, 11) is 0. The van der Waals surface area contributed by atoms with E-state index in [1.54, 1.807) is 6.21 Å². The minimum atomic E-state index is 0.906. The van der Waals surface area contributed by atoms with Crippen molar-refractivity contribution in [2.45, 2.75) is 20.8 Å². The van der Waals surface area contributed by atoms with Crippen LogP contribution in [0.25, 0.3) is 17.0 Å². The van der Waals surface area contributed by atoms with E-state index in [-0.39, 0.29) is 0 Å². The van der Waals surface area contributed by atoms with Gasteiger partial charge in [0.2, 0.25) is 0 Å². The van der Waals surface area contributed by atoms with E-state index in [0.717, 1.165) is 22.6 Å². The van der Waals surface area contributed by atoms with Gasteiger partial charge >= 0.3 is 0 Å². The molecule has 2 nitrogen and oxygen atoms in total. The zero-order chi connectivity index (χ0) is 13.7. The van der Waals surface area contributed by atoms with Gasteiger partial charge in [0.05, 0.1) is 17.1 Å². The first-order valence-electron chi connectivity index (χ1n) is 6.44. The third-order valence-corrected chi connectivity index (χ3v) is 2.84. The second-order valence-electron chi connectivity index (χ2n) is 4.34. The van der Waals surface area contributed by atoms with E-state index >= 15 is 0 Å². The quantitative estimate of drug-likeness (QED) is 0.736. The third-order valence-electron chi connectivity index (χ3n) is 2.84. The first-order valence-corrected chi connectivity index (χ1v) is 6.44. The lowest BCUT2D eigenvalue weighted by molar-refractivity contribution is 1.23. The number of aliphatic imine (C=N–C) groups is 1. The molecule has 0 aliphatic heterocycles. The summed E-state index contributed by atoms with van der Waals surface area (Å²) >= 11 is 0.